The number of ketones is 1. The highest BCUT2D eigenvalue weighted by atomic mass is 32.1. The van der Waals surface area contributed by atoms with Crippen molar-refractivity contribution in [3.05, 3.63) is 16.1 Å². The largest absolute Gasteiger partial charge is 0.370 e. The minimum atomic E-state index is -0.363. The number of aromatic nitrogens is 1. The fraction of sp³-hybridized carbons (Fsp3) is 0.444. The number of amides is 1. The lowest BCUT2D eigenvalue weighted by Crippen LogP contribution is -2.10. The summed E-state index contributed by atoms with van der Waals surface area (Å²) in [4.78, 5) is 26.5. The molecule has 0 aliphatic heterocycles. The summed E-state index contributed by atoms with van der Waals surface area (Å²) in [5.74, 6) is -0.324. The highest BCUT2D eigenvalue weighted by Gasteiger charge is 2.09. The van der Waals surface area contributed by atoms with Gasteiger partial charge in [0, 0.05) is 19.0 Å². The molecule has 1 aromatic heterocycles. The van der Waals surface area contributed by atoms with E-state index in [9.17, 15) is 9.59 Å². The Morgan fingerprint density at radius 1 is 1.50 bits per heavy atom. The predicted molar refractivity (Wildman–Crippen MR) is 54.2 cm³/mol. The molecule has 0 atom stereocenters. The van der Waals surface area contributed by atoms with Crippen LogP contribution in [-0.2, 0) is 4.79 Å². The maximum atomic E-state index is 11.5. The first-order valence-corrected chi connectivity index (χ1v) is 5.15. The Bertz CT molecular complexity index is 346. The van der Waals surface area contributed by atoms with E-state index in [0.29, 0.717) is 17.7 Å². The minimum Gasteiger partial charge on any atom is -0.370 e. The van der Waals surface area contributed by atoms with Gasteiger partial charge in [0.05, 0.1) is 9.88 Å². The van der Waals surface area contributed by atoms with Crippen LogP contribution in [0.25, 0.3) is 0 Å². The van der Waals surface area contributed by atoms with E-state index < -0.39 is 0 Å². The summed E-state index contributed by atoms with van der Waals surface area (Å²) in [7, 11) is 0. The molecule has 0 fully saturated rings. The molecule has 0 aliphatic carbocycles. The van der Waals surface area contributed by atoms with Crippen LogP contribution in [0.1, 0.15) is 33.9 Å². The van der Waals surface area contributed by atoms with Crippen LogP contribution in [-0.4, -0.2) is 16.7 Å². The molecule has 0 spiro atoms. The number of carbonyl (C=O) groups is 2. The molecule has 14 heavy (non-hydrogen) atoms. The molecule has 0 unspecified atom stereocenters. The number of hydrogen-bond acceptors (Lipinski definition) is 4. The van der Waals surface area contributed by atoms with Crippen molar-refractivity contribution in [3.8, 4) is 0 Å². The van der Waals surface area contributed by atoms with E-state index in [1.54, 1.807) is 6.20 Å². The Morgan fingerprint density at radius 3 is 2.71 bits per heavy atom. The van der Waals surface area contributed by atoms with Gasteiger partial charge in [0.2, 0.25) is 5.91 Å². The third kappa shape index (κ3) is 3.26. The van der Waals surface area contributed by atoms with Crippen LogP contribution >= 0.6 is 11.3 Å². The Kier molecular flexibility index (Phi) is 3.76. The maximum Gasteiger partial charge on any atom is 0.217 e. The highest BCUT2D eigenvalue weighted by Crippen LogP contribution is 2.14. The van der Waals surface area contributed by atoms with Crippen LogP contribution in [0, 0.1) is 6.92 Å². The van der Waals surface area contributed by atoms with E-state index in [-0.39, 0.29) is 18.1 Å². The summed E-state index contributed by atoms with van der Waals surface area (Å²) >= 11 is 1.38. The lowest BCUT2D eigenvalue weighted by molar-refractivity contribution is -0.118. The van der Waals surface area contributed by atoms with E-state index in [4.69, 9.17) is 5.73 Å². The van der Waals surface area contributed by atoms with Gasteiger partial charge in [-0.2, -0.15) is 0 Å². The second-order valence-corrected chi connectivity index (χ2v) is 4.22. The average Bonchev–Trinajstić information content (AvgIpc) is 2.51. The standard InChI is InChI=1S/C9H12N2O2S/c1-6-11-5-8(14-6)7(12)3-2-4-9(10)13/h5H,2-4H2,1H3,(H2,10,13). The Balaban J connectivity index is 2.39. The molecule has 0 bridgehead atoms. The lowest BCUT2D eigenvalue weighted by Gasteiger charge is -1.95. The van der Waals surface area contributed by atoms with E-state index in [0.717, 1.165) is 5.01 Å². The average molecular weight is 212 g/mol. The van der Waals surface area contributed by atoms with Crippen molar-refractivity contribution >= 4 is 23.0 Å². The fourth-order valence-corrected chi connectivity index (χ4v) is 1.78. The van der Waals surface area contributed by atoms with Crippen LogP contribution in [0.4, 0.5) is 0 Å². The molecule has 0 saturated carbocycles. The first-order chi connectivity index (χ1) is 6.59. The molecular formula is C9H12N2O2S. The summed E-state index contributed by atoms with van der Waals surface area (Å²) in [6, 6.07) is 0. The van der Waals surface area contributed by atoms with Crippen LogP contribution in [0.2, 0.25) is 0 Å². The van der Waals surface area contributed by atoms with Crippen LogP contribution in [0.15, 0.2) is 6.20 Å². The molecule has 76 valence electrons. The summed E-state index contributed by atoms with van der Waals surface area (Å²) in [6.07, 6.45) is 2.73. The van der Waals surface area contributed by atoms with Crippen LogP contribution in [0.3, 0.4) is 0 Å². The van der Waals surface area contributed by atoms with Crippen molar-refractivity contribution < 1.29 is 9.59 Å². The number of nitrogens with zero attached hydrogens (tertiary/aromatic N) is 1. The molecule has 1 rings (SSSR count). The van der Waals surface area contributed by atoms with Gasteiger partial charge >= 0.3 is 0 Å². The van der Waals surface area contributed by atoms with Crippen molar-refractivity contribution in [3.63, 3.8) is 0 Å². The van der Waals surface area contributed by atoms with Gasteiger partial charge in [-0.1, -0.05) is 0 Å². The molecule has 0 radical (unpaired) electrons. The molecule has 1 amide bonds. The van der Waals surface area contributed by atoms with Gasteiger partial charge in [-0.3, -0.25) is 9.59 Å². The lowest BCUT2D eigenvalue weighted by atomic mass is 10.1. The summed E-state index contributed by atoms with van der Waals surface area (Å²) < 4.78 is 0. The zero-order valence-corrected chi connectivity index (χ0v) is 8.76. The number of rotatable bonds is 5. The van der Waals surface area contributed by atoms with Gasteiger partial charge in [-0.15, -0.1) is 11.3 Å². The van der Waals surface area contributed by atoms with E-state index in [2.05, 4.69) is 4.98 Å². The Labute approximate surface area is 86.1 Å². The Morgan fingerprint density at radius 2 is 2.21 bits per heavy atom. The molecule has 4 nitrogen and oxygen atoms in total. The number of aryl methyl sites for hydroxylation is 1. The number of carbonyl (C=O) groups excluding carboxylic acids is 2. The maximum absolute atomic E-state index is 11.5. The van der Waals surface area contributed by atoms with Gasteiger partial charge in [0.15, 0.2) is 5.78 Å². The van der Waals surface area contributed by atoms with Gasteiger partial charge in [-0.05, 0) is 13.3 Å². The third-order valence-electron chi connectivity index (χ3n) is 1.72. The Hall–Kier alpha value is -1.23. The van der Waals surface area contributed by atoms with Gasteiger partial charge in [0.25, 0.3) is 0 Å². The number of nitrogens with two attached hydrogens (primary N) is 1. The monoisotopic (exact) mass is 212 g/mol. The molecule has 0 saturated heterocycles. The summed E-state index contributed by atoms with van der Waals surface area (Å²) in [5, 5.41) is 0.878. The topological polar surface area (TPSA) is 73.1 Å². The van der Waals surface area contributed by atoms with E-state index in [1.807, 2.05) is 6.92 Å². The van der Waals surface area contributed by atoms with Crippen molar-refractivity contribution in [2.24, 2.45) is 5.73 Å². The van der Waals surface area contributed by atoms with Gasteiger partial charge < -0.3 is 5.73 Å². The zero-order chi connectivity index (χ0) is 10.6. The molecule has 0 aliphatic rings. The van der Waals surface area contributed by atoms with Crippen molar-refractivity contribution in [1.82, 2.24) is 4.98 Å². The molecule has 1 heterocycles. The molecule has 2 N–H and O–H groups in total. The second kappa shape index (κ2) is 4.85. The number of thiazole rings is 1. The normalized spacial score (nSPS) is 10.1. The van der Waals surface area contributed by atoms with Gasteiger partial charge in [-0.25, -0.2) is 4.98 Å². The summed E-state index contributed by atoms with van der Waals surface area (Å²) in [6.45, 7) is 1.85. The highest BCUT2D eigenvalue weighted by molar-refractivity contribution is 7.13. The number of Topliss-reactive ketones (excluding diaryl/α,β-unsaturated/α-hetero) is 1. The molecule has 5 heteroatoms. The SMILES string of the molecule is Cc1ncc(C(=O)CCCC(N)=O)s1. The van der Waals surface area contributed by atoms with E-state index in [1.165, 1.54) is 11.3 Å². The molecular weight excluding hydrogens is 200 g/mol. The van der Waals surface area contributed by atoms with Crippen molar-refractivity contribution in [1.29, 1.82) is 0 Å². The molecule has 1 aromatic rings. The third-order valence-corrected chi connectivity index (χ3v) is 2.68. The van der Waals surface area contributed by atoms with Crippen LogP contribution in [0.5, 0.6) is 0 Å². The number of primary amides is 1. The fourth-order valence-electron chi connectivity index (χ4n) is 1.04. The first kappa shape index (κ1) is 10.8. The van der Waals surface area contributed by atoms with Crippen molar-refractivity contribution in [2.75, 3.05) is 0 Å². The minimum absolute atomic E-state index is 0.0388. The quantitative estimate of drug-likeness (QED) is 0.747. The summed E-state index contributed by atoms with van der Waals surface area (Å²) in [5.41, 5.74) is 4.96. The predicted octanol–water partition coefficient (Wildman–Crippen LogP) is 1.29. The zero-order valence-electron chi connectivity index (χ0n) is 7.95. The van der Waals surface area contributed by atoms with E-state index >= 15 is 0 Å². The van der Waals surface area contributed by atoms with Crippen molar-refractivity contribution in [2.45, 2.75) is 26.2 Å². The number of hydrogen-bond donors (Lipinski definition) is 1. The van der Waals surface area contributed by atoms with Gasteiger partial charge in [0.1, 0.15) is 0 Å². The van der Waals surface area contributed by atoms with Crippen LogP contribution < -0.4 is 5.73 Å². The molecule has 0 aromatic carbocycles. The first-order valence-electron chi connectivity index (χ1n) is 4.33. The smallest absolute Gasteiger partial charge is 0.217 e. The second-order valence-electron chi connectivity index (χ2n) is 2.99.